The van der Waals surface area contributed by atoms with E-state index in [1.807, 2.05) is 47.7 Å². The van der Waals surface area contributed by atoms with Gasteiger partial charge in [-0.05, 0) is 40.5 Å². The van der Waals surface area contributed by atoms with Crippen LogP contribution in [0, 0.1) is 6.92 Å². The topological polar surface area (TPSA) is 43.1 Å². The number of hydrogen-bond acceptors (Lipinski definition) is 3. The maximum Gasteiger partial charge on any atom is 0.182 e. The Morgan fingerprint density at radius 3 is 2.73 bits per heavy atom. The molecule has 6 heteroatoms. The molecule has 0 saturated carbocycles. The first-order valence-corrected chi connectivity index (χ1v) is 7.87. The lowest BCUT2D eigenvalue weighted by atomic mass is 10.0. The Bertz CT molecular complexity index is 1030. The Labute approximate surface area is 139 Å². The average molecular weight is 374 g/mol. The third kappa shape index (κ3) is 1.93. The molecular weight excluding hydrogens is 364 g/mol. The van der Waals surface area contributed by atoms with Crippen molar-refractivity contribution < 1.29 is 0 Å². The Morgan fingerprint density at radius 2 is 1.91 bits per heavy atom. The monoisotopic (exact) mass is 372 g/mol. The van der Waals surface area contributed by atoms with Crippen LogP contribution in [0.5, 0.6) is 0 Å². The summed E-state index contributed by atoms with van der Waals surface area (Å²) in [6.07, 6.45) is 1.70. The molecule has 108 valence electrons. The van der Waals surface area contributed by atoms with Crippen molar-refractivity contribution in [2.75, 3.05) is 0 Å². The van der Waals surface area contributed by atoms with Crippen molar-refractivity contribution in [1.82, 2.24) is 19.6 Å². The highest BCUT2D eigenvalue weighted by Crippen LogP contribution is 2.37. The normalized spacial score (nSPS) is 11.4. The van der Waals surface area contributed by atoms with Gasteiger partial charge in [0.15, 0.2) is 5.65 Å². The second-order valence-electron chi connectivity index (χ2n) is 5.00. The summed E-state index contributed by atoms with van der Waals surface area (Å²) in [6, 6.07) is 11.8. The van der Waals surface area contributed by atoms with Crippen LogP contribution in [-0.4, -0.2) is 19.6 Å². The van der Waals surface area contributed by atoms with Gasteiger partial charge in [0.2, 0.25) is 0 Å². The summed E-state index contributed by atoms with van der Waals surface area (Å²) in [6.45, 7) is 1.93. The maximum atomic E-state index is 6.32. The zero-order valence-electron chi connectivity index (χ0n) is 11.6. The molecule has 2 aromatic heterocycles. The van der Waals surface area contributed by atoms with Crippen LogP contribution in [0.2, 0.25) is 5.02 Å². The lowest BCUT2D eigenvalue weighted by molar-refractivity contribution is 1.10. The first kappa shape index (κ1) is 13.7. The first-order chi connectivity index (χ1) is 10.7. The molecule has 0 aliphatic carbocycles. The van der Waals surface area contributed by atoms with Crippen LogP contribution in [0.1, 0.15) is 5.69 Å². The Balaban J connectivity index is 2.10. The molecule has 0 N–H and O–H groups in total. The summed E-state index contributed by atoms with van der Waals surface area (Å²) in [5.74, 6) is 0. The standard InChI is InChI=1S/C16H10BrClN4/c1-9-16-21-19-8-22(16)13-7-6-11(14(17)15(13)20-9)10-4-2-3-5-12(10)18/h2-8H,1H3. The number of benzene rings is 2. The fourth-order valence-corrected chi connectivity index (χ4v) is 3.49. The van der Waals surface area contributed by atoms with E-state index in [2.05, 4.69) is 31.1 Å². The summed E-state index contributed by atoms with van der Waals surface area (Å²) >= 11 is 10.0. The van der Waals surface area contributed by atoms with E-state index in [0.29, 0.717) is 5.02 Å². The van der Waals surface area contributed by atoms with Gasteiger partial charge in [-0.1, -0.05) is 35.9 Å². The second-order valence-corrected chi connectivity index (χ2v) is 6.20. The fraction of sp³-hybridized carbons (Fsp3) is 0.0625. The van der Waals surface area contributed by atoms with Crippen LogP contribution in [0.15, 0.2) is 47.2 Å². The van der Waals surface area contributed by atoms with Crippen LogP contribution in [-0.2, 0) is 0 Å². The summed E-state index contributed by atoms with van der Waals surface area (Å²) < 4.78 is 2.86. The molecule has 0 aliphatic heterocycles. The molecule has 22 heavy (non-hydrogen) atoms. The van der Waals surface area contributed by atoms with E-state index in [-0.39, 0.29) is 0 Å². The summed E-state index contributed by atoms with van der Waals surface area (Å²) in [5.41, 5.74) is 5.40. The molecular formula is C16H10BrClN4. The van der Waals surface area contributed by atoms with E-state index in [4.69, 9.17) is 11.6 Å². The molecule has 0 fully saturated rings. The van der Waals surface area contributed by atoms with Crippen molar-refractivity contribution in [1.29, 1.82) is 0 Å². The highest BCUT2D eigenvalue weighted by atomic mass is 79.9. The highest BCUT2D eigenvalue weighted by Gasteiger charge is 2.14. The lowest BCUT2D eigenvalue weighted by Crippen LogP contribution is -1.96. The van der Waals surface area contributed by atoms with Gasteiger partial charge in [0.05, 0.1) is 15.7 Å². The molecule has 0 unspecified atom stereocenters. The summed E-state index contributed by atoms with van der Waals surface area (Å²) in [5, 5.41) is 8.79. The molecule has 2 aromatic carbocycles. The minimum Gasteiger partial charge on any atom is -0.278 e. The molecule has 4 rings (SSSR count). The van der Waals surface area contributed by atoms with Crippen molar-refractivity contribution in [2.24, 2.45) is 0 Å². The maximum absolute atomic E-state index is 6.32. The quantitative estimate of drug-likeness (QED) is 0.487. The zero-order valence-corrected chi connectivity index (χ0v) is 13.9. The number of hydrogen-bond donors (Lipinski definition) is 0. The Kier molecular flexibility index (Phi) is 3.13. The molecule has 2 heterocycles. The van der Waals surface area contributed by atoms with E-state index in [9.17, 15) is 0 Å². The summed E-state index contributed by atoms with van der Waals surface area (Å²) in [7, 11) is 0. The van der Waals surface area contributed by atoms with Gasteiger partial charge in [0.1, 0.15) is 11.8 Å². The number of aromatic nitrogens is 4. The lowest BCUT2D eigenvalue weighted by Gasteiger charge is -2.11. The second kappa shape index (κ2) is 5.04. The van der Waals surface area contributed by atoms with Gasteiger partial charge in [-0.2, -0.15) is 0 Å². The number of fused-ring (bicyclic) bond motifs is 3. The molecule has 4 nitrogen and oxygen atoms in total. The van der Waals surface area contributed by atoms with Gasteiger partial charge in [-0.25, -0.2) is 4.98 Å². The van der Waals surface area contributed by atoms with Gasteiger partial charge >= 0.3 is 0 Å². The molecule has 0 bridgehead atoms. The predicted molar refractivity (Wildman–Crippen MR) is 91.2 cm³/mol. The Hall–Kier alpha value is -1.98. The first-order valence-electron chi connectivity index (χ1n) is 6.70. The molecule has 0 radical (unpaired) electrons. The van der Waals surface area contributed by atoms with E-state index < -0.39 is 0 Å². The molecule has 0 saturated heterocycles. The van der Waals surface area contributed by atoms with Gasteiger partial charge in [-0.3, -0.25) is 4.40 Å². The van der Waals surface area contributed by atoms with Crippen molar-refractivity contribution >= 4 is 44.2 Å². The molecule has 0 spiro atoms. The van der Waals surface area contributed by atoms with E-state index in [0.717, 1.165) is 38.0 Å². The third-order valence-electron chi connectivity index (χ3n) is 3.67. The average Bonchev–Trinajstić information content (AvgIpc) is 3.00. The van der Waals surface area contributed by atoms with Crippen LogP contribution in [0.25, 0.3) is 27.8 Å². The molecule has 4 aromatic rings. The van der Waals surface area contributed by atoms with Crippen molar-refractivity contribution in [3.05, 3.63) is 57.9 Å². The van der Waals surface area contributed by atoms with Gasteiger partial charge < -0.3 is 0 Å². The predicted octanol–water partition coefficient (Wildman–Crippen LogP) is 4.67. The van der Waals surface area contributed by atoms with Crippen LogP contribution < -0.4 is 0 Å². The van der Waals surface area contributed by atoms with Gasteiger partial charge in [0, 0.05) is 10.6 Å². The van der Waals surface area contributed by atoms with Gasteiger partial charge in [0.25, 0.3) is 0 Å². The van der Waals surface area contributed by atoms with Crippen molar-refractivity contribution in [2.45, 2.75) is 6.92 Å². The third-order valence-corrected chi connectivity index (χ3v) is 4.80. The van der Waals surface area contributed by atoms with Crippen LogP contribution in [0.4, 0.5) is 0 Å². The smallest absolute Gasteiger partial charge is 0.182 e. The largest absolute Gasteiger partial charge is 0.278 e. The van der Waals surface area contributed by atoms with E-state index in [1.165, 1.54) is 0 Å². The van der Waals surface area contributed by atoms with E-state index in [1.54, 1.807) is 6.33 Å². The van der Waals surface area contributed by atoms with Crippen molar-refractivity contribution in [3.63, 3.8) is 0 Å². The molecule has 0 amide bonds. The van der Waals surface area contributed by atoms with Gasteiger partial charge in [-0.15, -0.1) is 10.2 Å². The summed E-state index contributed by atoms with van der Waals surface area (Å²) in [4.78, 5) is 4.68. The van der Waals surface area contributed by atoms with Crippen LogP contribution >= 0.6 is 27.5 Å². The highest BCUT2D eigenvalue weighted by molar-refractivity contribution is 9.10. The number of rotatable bonds is 1. The minimum absolute atomic E-state index is 0.713. The molecule has 0 atom stereocenters. The number of nitrogens with zero attached hydrogens (tertiary/aromatic N) is 4. The number of halogens is 2. The van der Waals surface area contributed by atoms with Crippen LogP contribution in [0.3, 0.4) is 0 Å². The SMILES string of the molecule is Cc1nc2c(Br)c(-c3ccccc3Cl)ccc2n2cnnc12. The molecule has 0 aliphatic rings. The number of aryl methyl sites for hydroxylation is 1. The van der Waals surface area contributed by atoms with E-state index >= 15 is 0 Å². The Morgan fingerprint density at radius 1 is 1.09 bits per heavy atom. The minimum atomic E-state index is 0.713. The zero-order chi connectivity index (χ0) is 15.3. The fourth-order valence-electron chi connectivity index (χ4n) is 2.62. The van der Waals surface area contributed by atoms with Crippen molar-refractivity contribution in [3.8, 4) is 11.1 Å².